The van der Waals surface area contributed by atoms with Crippen molar-refractivity contribution in [2.75, 3.05) is 6.54 Å². The number of hydrogen-bond donors (Lipinski definition) is 2. The van der Waals surface area contributed by atoms with Crippen LogP contribution in [0.25, 0.3) is 0 Å². The van der Waals surface area contributed by atoms with Crippen molar-refractivity contribution in [3.05, 3.63) is 42.0 Å². The molecule has 1 aromatic carbocycles. The van der Waals surface area contributed by atoms with Crippen LogP contribution in [0.2, 0.25) is 0 Å². The molecule has 1 aromatic heterocycles. The summed E-state index contributed by atoms with van der Waals surface area (Å²) < 4.78 is 5.60. The zero-order chi connectivity index (χ0) is 13.5. The maximum absolute atomic E-state index is 5.60. The number of H-pyrrole nitrogens is 1. The van der Waals surface area contributed by atoms with E-state index < -0.39 is 0 Å². The van der Waals surface area contributed by atoms with E-state index in [0.29, 0.717) is 0 Å². The number of nitrogens with one attached hydrogen (secondary N) is 2. The van der Waals surface area contributed by atoms with Crippen LogP contribution < -0.4 is 10.1 Å². The van der Waals surface area contributed by atoms with E-state index in [4.69, 9.17) is 4.74 Å². The topological polar surface area (TPSA) is 62.8 Å². The van der Waals surface area contributed by atoms with Crippen LogP contribution in [0.4, 0.5) is 0 Å². The highest BCUT2D eigenvalue weighted by Crippen LogP contribution is 2.13. The fraction of sp³-hybridized carbons (Fsp3) is 0.429. The van der Waals surface area contributed by atoms with Crippen molar-refractivity contribution in [1.29, 1.82) is 0 Å². The molecule has 5 nitrogen and oxygen atoms in total. The average molecular weight is 260 g/mol. The number of nitrogens with zero attached hydrogens (tertiary/aromatic N) is 2. The van der Waals surface area contributed by atoms with Crippen LogP contribution in [-0.4, -0.2) is 27.8 Å². The molecule has 0 fully saturated rings. The predicted octanol–water partition coefficient (Wildman–Crippen LogP) is 1.92. The van der Waals surface area contributed by atoms with Crippen molar-refractivity contribution < 1.29 is 4.74 Å². The Balaban J connectivity index is 1.71. The number of rotatable bonds is 7. The summed E-state index contributed by atoms with van der Waals surface area (Å²) in [7, 11) is 0. The highest BCUT2D eigenvalue weighted by molar-refractivity contribution is 5.27. The minimum absolute atomic E-state index is 0.214. The molecule has 102 valence electrons. The first-order valence-electron chi connectivity index (χ1n) is 6.54. The molecule has 0 bridgehead atoms. The van der Waals surface area contributed by atoms with E-state index in [0.717, 1.165) is 31.1 Å². The molecule has 2 N–H and O–H groups in total. The lowest BCUT2D eigenvalue weighted by molar-refractivity contribution is 0.242. The molecule has 2 aromatic rings. The lowest BCUT2D eigenvalue weighted by Crippen LogP contribution is -2.17. The number of ether oxygens (including phenoxy) is 1. The third-order valence-electron chi connectivity index (χ3n) is 2.63. The Hall–Kier alpha value is -1.88. The molecule has 0 saturated carbocycles. The van der Waals surface area contributed by atoms with Gasteiger partial charge in [-0.1, -0.05) is 12.1 Å². The van der Waals surface area contributed by atoms with Gasteiger partial charge in [0.25, 0.3) is 0 Å². The molecule has 0 aliphatic rings. The van der Waals surface area contributed by atoms with Crippen molar-refractivity contribution in [3.8, 4) is 5.75 Å². The third-order valence-corrected chi connectivity index (χ3v) is 2.63. The van der Waals surface area contributed by atoms with E-state index in [1.807, 2.05) is 26.0 Å². The molecule has 0 amide bonds. The predicted molar refractivity (Wildman–Crippen MR) is 74.0 cm³/mol. The van der Waals surface area contributed by atoms with Crippen LogP contribution in [0.1, 0.15) is 25.2 Å². The Morgan fingerprint density at radius 2 is 2.05 bits per heavy atom. The molecule has 19 heavy (non-hydrogen) atoms. The minimum atomic E-state index is 0.214. The standard InChI is InChI=1S/C14H20N4O/c1-11(2)19-13-5-3-12(4-6-13)9-15-8-7-14-16-10-17-18-14/h3-6,10-11,15H,7-9H2,1-2H3,(H,16,17,18). The van der Waals surface area contributed by atoms with E-state index in [1.165, 1.54) is 11.9 Å². The quantitative estimate of drug-likeness (QED) is 0.747. The van der Waals surface area contributed by atoms with E-state index in [-0.39, 0.29) is 6.10 Å². The molecule has 0 aliphatic carbocycles. The van der Waals surface area contributed by atoms with Gasteiger partial charge in [-0.25, -0.2) is 4.98 Å². The Labute approximate surface area is 113 Å². The number of hydrogen-bond acceptors (Lipinski definition) is 4. The van der Waals surface area contributed by atoms with Gasteiger partial charge in [0, 0.05) is 19.5 Å². The van der Waals surface area contributed by atoms with Gasteiger partial charge in [-0.3, -0.25) is 5.10 Å². The fourth-order valence-electron chi connectivity index (χ4n) is 1.75. The van der Waals surface area contributed by atoms with Crippen LogP contribution in [-0.2, 0) is 13.0 Å². The fourth-order valence-corrected chi connectivity index (χ4v) is 1.75. The highest BCUT2D eigenvalue weighted by Gasteiger charge is 1.99. The molecule has 2 rings (SSSR count). The van der Waals surface area contributed by atoms with Gasteiger partial charge in [-0.05, 0) is 31.5 Å². The van der Waals surface area contributed by atoms with Crippen LogP contribution in [0.3, 0.4) is 0 Å². The summed E-state index contributed by atoms with van der Waals surface area (Å²) in [6, 6.07) is 8.18. The maximum atomic E-state index is 5.60. The summed E-state index contributed by atoms with van der Waals surface area (Å²) in [5, 5.41) is 10.0. The summed E-state index contributed by atoms with van der Waals surface area (Å²) in [4.78, 5) is 4.08. The zero-order valence-corrected chi connectivity index (χ0v) is 11.4. The van der Waals surface area contributed by atoms with Crippen molar-refractivity contribution in [1.82, 2.24) is 20.5 Å². The van der Waals surface area contributed by atoms with Crippen LogP contribution >= 0.6 is 0 Å². The first-order valence-corrected chi connectivity index (χ1v) is 6.54. The first kappa shape index (κ1) is 13.5. The van der Waals surface area contributed by atoms with Crippen LogP contribution in [0.15, 0.2) is 30.6 Å². The third kappa shape index (κ3) is 4.71. The summed E-state index contributed by atoms with van der Waals surface area (Å²) in [5.41, 5.74) is 1.24. The van der Waals surface area contributed by atoms with Crippen molar-refractivity contribution in [2.24, 2.45) is 0 Å². The van der Waals surface area contributed by atoms with E-state index in [1.54, 1.807) is 0 Å². The molecule has 1 heterocycles. The summed E-state index contributed by atoms with van der Waals surface area (Å²) in [5.74, 6) is 1.83. The lowest BCUT2D eigenvalue weighted by Gasteiger charge is -2.10. The Bertz CT molecular complexity index is 465. The van der Waals surface area contributed by atoms with Gasteiger partial charge in [0.15, 0.2) is 0 Å². The first-order chi connectivity index (χ1) is 9.24. The van der Waals surface area contributed by atoms with Gasteiger partial charge in [0.05, 0.1) is 6.10 Å². The molecule has 0 spiro atoms. The summed E-state index contributed by atoms with van der Waals surface area (Å²) >= 11 is 0. The van der Waals surface area contributed by atoms with Gasteiger partial charge in [-0.15, -0.1) is 0 Å². The second-order valence-corrected chi connectivity index (χ2v) is 4.67. The van der Waals surface area contributed by atoms with E-state index >= 15 is 0 Å². The minimum Gasteiger partial charge on any atom is -0.491 e. The van der Waals surface area contributed by atoms with Gasteiger partial charge in [0.2, 0.25) is 0 Å². The summed E-state index contributed by atoms with van der Waals surface area (Å²) in [6.45, 7) is 5.77. The van der Waals surface area contributed by atoms with Crippen molar-refractivity contribution >= 4 is 0 Å². The number of aromatic amines is 1. The molecule has 0 unspecified atom stereocenters. The number of aromatic nitrogens is 3. The Morgan fingerprint density at radius 3 is 2.68 bits per heavy atom. The normalized spacial score (nSPS) is 10.9. The summed E-state index contributed by atoms with van der Waals surface area (Å²) in [6.07, 6.45) is 2.60. The smallest absolute Gasteiger partial charge is 0.137 e. The molecular weight excluding hydrogens is 240 g/mol. The Kier molecular flexibility index (Phi) is 4.92. The maximum Gasteiger partial charge on any atom is 0.137 e. The molecular formula is C14H20N4O. The second kappa shape index (κ2) is 6.89. The van der Waals surface area contributed by atoms with Crippen molar-refractivity contribution in [3.63, 3.8) is 0 Å². The monoisotopic (exact) mass is 260 g/mol. The molecule has 0 radical (unpaired) electrons. The highest BCUT2D eigenvalue weighted by atomic mass is 16.5. The molecule has 0 atom stereocenters. The number of benzene rings is 1. The van der Waals surface area contributed by atoms with Gasteiger partial charge < -0.3 is 10.1 Å². The van der Waals surface area contributed by atoms with Crippen molar-refractivity contribution in [2.45, 2.75) is 32.9 Å². The van der Waals surface area contributed by atoms with Crippen LogP contribution in [0, 0.1) is 0 Å². The van der Waals surface area contributed by atoms with E-state index in [2.05, 4.69) is 32.6 Å². The lowest BCUT2D eigenvalue weighted by atomic mass is 10.2. The van der Waals surface area contributed by atoms with Gasteiger partial charge >= 0.3 is 0 Å². The largest absolute Gasteiger partial charge is 0.491 e. The van der Waals surface area contributed by atoms with E-state index in [9.17, 15) is 0 Å². The Morgan fingerprint density at radius 1 is 1.26 bits per heavy atom. The molecule has 5 heteroatoms. The van der Waals surface area contributed by atoms with Gasteiger partial charge in [0.1, 0.15) is 17.9 Å². The van der Waals surface area contributed by atoms with Crippen LogP contribution in [0.5, 0.6) is 5.75 Å². The average Bonchev–Trinajstić information content (AvgIpc) is 2.89. The molecule has 0 saturated heterocycles. The zero-order valence-electron chi connectivity index (χ0n) is 11.4. The molecule has 0 aliphatic heterocycles. The van der Waals surface area contributed by atoms with Gasteiger partial charge in [-0.2, -0.15) is 5.10 Å². The second-order valence-electron chi connectivity index (χ2n) is 4.67. The SMILES string of the molecule is CC(C)Oc1ccc(CNCCc2ncn[nH]2)cc1.